The topological polar surface area (TPSA) is 92.8 Å². The molecule has 1 amide bonds. The molecule has 0 spiro atoms. The molecule has 6 nitrogen and oxygen atoms in total. The Morgan fingerprint density at radius 3 is 2.81 bits per heavy atom. The van der Waals surface area contributed by atoms with Crippen LogP contribution in [0.3, 0.4) is 0 Å². The average Bonchev–Trinajstić information content (AvgIpc) is 3.24. The van der Waals surface area contributed by atoms with Gasteiger partial charge >= 0.3 is 0 Å². The van der Waals surface area contributed by atoms with Crippen molar-refractivity contribution < 1.29 is 4.79 Å². The molecule has 3 atom stereocenters. The molecule has 1 aromatic carbocycles. The van der Waals surface area contributed by atoms with Crippen LogP contribution in [0.4, 0.5) is 0 Å². The first-order chi connectivity index (χ1) is 13.1. The summed E-state index contributed by atoms with van der Waals surface area (Å²) in [4.78, 5) is 18.7. The van der Waals surface area contributed by atoms with E-state index in [0.29, 0.717) is 21.8 Å². The molecule has 7 heteroatoms. The molecule has 2 aliphatic heterocycles. The van der Waals surface area contributed by atoms with Gasteiger partial charge in [-0.1, -0.05) is 17.7 Å². The van der Waals surface area contributed by atoms with Crippen LogP contribution in [-0.4, -0.2) is 33.9 Å². The van der Waals surface area contributed by atoms with Crippen molar-refractivity contribution in [3.8, 4) is 23.5 Å². The highest BCUT2D eigenvalue weighted by atomic mass is 35.5. The van der Waals surface area contributed by atoms with E-state index in [4.69, 9.17) is 16.9 Å². The normalized spacial score (nSPS) is 22.9. The second kappa shape index (κ2) is 6.90. The number of hydrogen-bond donors (Lipinski definition) is 1. The number of nitrogens with zero attached hydrogens (tertiary/aromatic N) is 4. The van der Waals surface area contributed by atoms with Crippen molar-refractivity contribution in [1.82, 2.24) is 15.2 Å². The van der Waals surface area contributed by atoms with Gasteiger partial charge in [0.15, 0.2) is 6.19 Å². The number of carbonyl (C=O) groups excluding carboxylic acids is 1. The number of fused-ring (bicyclic) bond motifs is 2. The second-order valence-corrected chi connectivity index (χ2v) is 7.26. The van der Waals surface area contributed by atoms with E-state index in [1.165, 1.54) is 0 Å². The highest BCUT2D eigenvalue weighted by Crippen LogP contribution is 2.37. The maximum Gasteiger partial charge on any atom is 0.253 e. The summed E-state index contributed by atoms with van der Waals surface area (Å²) in [5, 5.41) is 21.6. The fourth-order valence-corrected chi connectivity index (χ4v) is 4.33. The predicted molar refractivity (Wildman–Crippen MR) is 99.5 cm³/mol. The van der Waals surface area contributed by atoms with Gasteiger partial charge < -0.3 is 10.2 Å². The molecule has 0 unspecified atom stereocenters. The quantitative estimate of drug-likeness (QED) is 0.829. The lowest BCUT2D eigenvalue weighted by Gasteiger charge is -2.22. The van der Waals surface area contributed by atoms with E-state index in [1.54, 1.807) is 36.5 Å². The van der Waals surface area contributed by atoms with Crippen LogP contribution in [0.1, 0.15) is 35.2 Å². The van der Waals surface area contributed by atoms with Crippen molar-refractivity contribution in [3.05, 3.63) is 52.7 Å². The Labute approximate surface area is 162 Å². The van der Waals surface area contributed by atoms with Crippen LogP contribution in [-0.2, 0) is 0 Å². The highest BCUT2D eigenvalue weighted by molar-refractivity contribution is 6.34. The van der Waals surface area contributed by atoms with Gasteiger partial charge in [-0.2, -0.15) is 10.5 Å². The largest absolute Gasteiger partial charge is 0.347 e. The molecular weight excluding hydrogens is 362 g/mol. The van der Waals surface area contributed by atoms with Crippen LogP contribution in [0.25, 0.3) is 11.3 Å². The summed E-state index contributed by atoms with van der Waals surface area (Å²) < 4.78 is 0. The molecular formula is C20H16ClN5O. The Hall–Kier alpha value is -3.09. The Kier molecular flexibility index (Phi) is 4.43. The van der Waals surface area contributed by atoms with Crippen LogP contribution >= 0.6 is 11.6 Å². The van der Waals surface area contributed by atoms with E-state index < -0.39 is 0 Å². The van der Waals surface area contributed by atoms with Crippen molar-refractivity contribution >= 4 is 17.5 Å². The molecule has 2 aliphatic rings. The SMILES string of the molecule is N#Cc1ccnc(-c2ccc(C(=O)N[C@@H]3C[C@@H]4CC[C@H]3N4C#N)c(Cl)c2)c1. The molecule has 134 valence electrons. The molecule has 2 bridgehead atoms. The number of halogens is 1. The van der Waals surface area contributed by atoms with Crippen LogP contribution < -0.4 is 5.32 Å². The summed E-state index contributed by atoms with van der Waals surface area (Å²) in [6.07, 6.45) is 6.54. The first kappa shape index (κ1) is 17.3. The summed E-state index contributed by atoms with van der Waals surface area (Å²) in [7, 11) is 0. The third-order valence-corrected chi connectivity index (χ3v) is 5.68. The van der Waals surface area contributed by atoms with E-state index in [0.717, 1.165) is 24.8 Å². The molecule has 2 fully saturated rings. The van der Waals surface area contributed by atoms with Crippen molar-refractivity contribution in [3.63, 3.8) is 0 Å². The fourth-order valence-electron chi connectivity index (χ4n) is 4.06. The van der Waals surface area contributed by atoms with Crippen molar-refractivity contribution in [2.24, 2.45) is 0 Å². The fraction of sp³-hybridized carbons (Fsp3) is 0.300. The number of rotatable bonds is 3. The van der Waals surface area contributed by atoms with Crippen LogP contribution in [0.15, 0.2) is 36.5 Å². The Bertz CT molecular complexity index is 993. The van der Waals surface area contributed by atoms with Crippen molar-refractivity contribution in [2.75, 3.05) is 0 Å². The van der Waals surface area contributed by atoms with Gasteiger partial charge in [0, 0.05) is 17.8 Å². The number of pyridine rings is 1. The molecule has 1 aromatic heterocycles. The monoisotopic (exact) mass is 377 g/mol. The lowest BCUT2D eigenvalue weighted by molar-refractivity contribution is 0.0928. The first-order valence-corrected chi connectivity index (χ1v) is 9.13. The van der Waals surface area contributed by atoms with Gasteiger partial charge in [-0.15, -0.1) is 0 Å². The standard InChI is InChI=1S/C20H16ClN5O/c21-16-8-13(17-7-12(10-22)5-6-24-17)1-3-15(16)20(27)25-18-9-14-2-4-19(18)26(14)11-23/h1,3,5-8,14,18-19H,2,4,9H2,(H,25,27)/t14-,18+,19+/m0/s1. The Morgan fingerprint density at radius 1 is 1.26 bits per heavy atom. The molecule has 1 N–H and O–H groups in total. The number of hydrogen-bond acceptors (Lipinski definition) is 5. The number of benzene rings is 1. The molecule has 2 saturated heterocycles. The summed E-state index contributed by atoms with van der Waals surface area (Å²) in [6, 6.07) is 10.8. The molecule has 2 aromatic rings. The zero-order valence-electron chi connectivity index (χ0n) is 14.4. The summed E-state index contributed by atoms with van der Waals surface area (Å²) in [5.41, 5.74) is 2.27. The zero-order chi connectivity index (χ0) is 19.0. The van der Waals surface area contributed by atoms with E-state index in [9.17, 15) is 10.1 Å². The number of nitriles is 2. The van der Waals surface area contributed by atoms with Crippen molar-refractivity contribution in [1.29, 1.82) is 10.5 Å². The third-order valence-electron chi connectivity index (χ3n) is 5.37. The van der Waals surface area contributed by atoms with Gasteiger partial charge in [-0.3, -0.25) is 9.78 Å². The van der Waals surface area contributed by atoms with E-state index in [1.807, 2.05) is 4.90 Å². The van der Waals surface area contributed by atoms with Crippen LogP contribution in [0.2, 0.25) is 5.02 Å². The molecule has 0 radical (unpaired) electrons. The summed E-state index contributed by atoms with van der Waals surface area (Å²) >= 11 is 6.35. The number of carbonyl (C=O) groups is 1. The summed E-state index contributed by atoms with van der Waals surface area (Å²) in [6.45, 7) is 0. The highest BCUT2D eigenvalue weighted by Gasteiger charge is 2.46. The lowest BCUT2D eigenvalue weighted by atomic mass is 9.95. The average molecular weight is 378 g/mol. The number of nitrogens with one attached hydrogen (secondary N) is 1. The van der Waals surface area contributed by atoms with Gasteiger partial charge in [0.2, 0.25) is 0 Å². The van der Waals surface area contributed by atoms with Gasteiger partial charge in [-0.25, -0.2) is 0 Å². The zero-order valence-corrected chi connectivity index (χ0v) is 15.1. The summed E-state index contributed by atoms with van der Waals surface area (Å²) in [5.74, 6) is -0.235. The van der Waals surface area contributed by atoms with Gasteiger partial charge in [-0.05, 0) is 43.5 Å². The van der Waals surface area contributed by atoms with Crippen molar-refractivity contribution in [2.45, 2.75) is 37.4 Å². The Balaban J connectivity index is 1.52. The van der Waals surface area contributed by atoms with Crippen LogP contribution in [0, 0.1) is 22.8 Å². The minimum atomic E-state index is -0.235. The van der Waals surface area contributed by atoms with Gasteiger partial charge in [0.25, 0.3) is 5.91 Å². The molecule has 0 aliphatic carbocycles. The first-order valence-electron chi connectivity index (χ1n) is 8.75. The Morgan fingerprint density at radius 2 is 2.11 bits per heavy atom. The number of amides is 1. The second-order valence-electron chi connectivity index (χ2n) is 6.86. The van der Waals surface area contributed by atoms with Gasteiger partial charge in [0.05, 0.1) is 40.0 Å². The lowest BCUT2D eigenvalue weighted by Crippen LogP contribution is -2.43. The smallest absolute Gasteiger partial charge is 0.253 e. The van der Waals surface area contributed by atoms with E-state index in [2.05, 4.69) is 22.6 Å². The number of aromatic nitrogens is 1. The maximum absolute atomic E-state index is 12.7. The minimum absolute atomic E-state index is 0.0272. The van der Waals surface area contributed by atoms with E-state index >= 15 is 0 Å². The molecule has 3 heterocycles. The minimum Gasteiger partial charge on any atom is -0.347 e. The van der Waals surface area contributed by atoms with Gasteiger partial charge in [0.1, 0.15) is 0 Å². The molecule has 27 heavy (non-hydrogen) atoms. The predicted octanol–water partition coefficient (Wildman–Crippen LogP) is 3.09. The molecule has 0 saturated carbocycles. The van der Waals surface area contributed by atoms with Crippen LogP contribution in [0.5, 0.6) is 0 Å². The third kappa shape index (κ3) is 3.09. The maximum atomic E-state index is 12.7. The molecule has 4 rings (SSSR count). The van der Waals surface area contributed by atoms with E-state index in [-0.39, 0.29) is 24.0 Å².